The molecule has 0 amide bonds. The summed E-state index contributed by atoms with van der Waals surface area (Å²) in [5.41, 5.74) is 0.866. The highest BCUT2D eigenvalue weighted by Gasteiger charge is 2.49. The second-order valence-corrected chi connectivity index (χ2v) is 6.42. The summed E-state index contributed by atoms with van der Waals surface area (Å²) in [6.07, 6.45) is 4.09. The van der Waals surface area contributed by atoms with Gasteiger partial charge in [0.15, 0.2) is 0 Å². The minimum atomic E-state index is 0.399. The molecule has 0 aromatic rings. The van der Waals surface area contributed by atoms with E-state index in [1.165, 1.54) is 32.4 Å². The van der Waals surface area contributed by atoms with Crippen LogP contribution < -0.4 is 5.32 Å². The molecule has 0 unspecified atom stereocenters. The number of piperidine rings is 1. The fourth-order valence-electron chi connectivity index (χ4n) is 2.84. The minimum absolute atomic E-state index is 0.399. The Bertz CT molecular complexity index is 209. The lowest BCUT2D eigenvalue weighted by Crippen LogP contribution is -2.53. The molecule has 2 rings (SSSR count). The summed E-state index contributed by atoms with van der Waals surface area (Å²) in [6.45, 7) is 11.5. The summed E-state index contributed by atoms with van der Waals surface area (Å²) in [7, 11) is 0. The summed E-state index contributed by atoms with van der Waals surface area (Å²) >= 11 is 0. The predicted molar refractivity (Wildman–Crippen MR) is 62.9 cm³/mol. The fourth-order valence-corrected chi connectivity index (χ4v) is 2.84. The smallest absolute Gasteiger partial charge is 0.0549 e. The lowest BCUT2D eigenvalue weighted by molar-refractivity contribution is -0.181. The lowest BCUT2D eigenvalue weighted by Gasteiger charge is -2.53. The molecular weight excluding hydrogens is 186 g/mol. The van der Waals surface area contributed by atoms with Gasteiger partial charge in [0, 0.05) is 5.41 Å². The van der Waals surface area contributed by atoms with E-state index in [0.29, 0.717) is 10.8 Å². The molecule has 88 valence electrons. The summed E-state index contributed by atoms with van der Waals surface area (Å²) in [6, 6.07) is 0. The zero-order valence-corrected chi connectivity index (χ0v) is 10.4. The highest BCUT2D eigenvalue weighted by molar-refractivity contribution is 4.97. The van der Waals surface area contributed by atoms with Crippen LogP contribution >= 0.6 is 0 Å². The number of rotatable bonds is 2. The molecule has 0 aromatic heterocycles. The first-order valence-corrected chi connectivity index (χ1v) is 6.32. The molecule has 0 aliphatic carbocycles. The largest absolute Gasteiger partial charge is 0.380 e. The number of ether oxygens (including phenoxy) is 1. The normalized spacial score (nSPS) is 27.4. The van der Waals surface area contributed by atoms with Crippen LogP contribution in [-0.2, 0) is 4.74 Å². The molecule has 0 radical (unpaired) electrons. The zero-order valence-electron chi connectivity index (χ0n) is 10.4. The maximum Gasteiger partial charge on any atom is 0.0549 e. The molecule has 2 aliphatic rings. The van der Waals surface area contributed by atoms with Crippen LogP contribution in [0.3, 0.4) is 0 Å². The van der Waals surface area contributed by atoms with E-state index >= 15 is 0 Å². The van der Waals surface area contributed by atoms with Crippen LogP contribution in [0.15, 0.2) is 0 Å². The zero-order chi connectivity index (χ0) is 10.9. The Morgan fingerprint density at radius 2 is 1.80 bits per heavy atom. The lowest BCUT2D eigenvalue weighted by atomic mass is 9.60. The van der Waals surface area contributed by atoms with Gasteiger partial charge in [-0.1, -0.05) is 20.8 Å². The van der Waals surface area contributed by atoms with Gasteiger partial charge < -0.3 is 10.1 Å². The van der Waals surface area contributed by atoms with Gasteiger partial charge in [-0.15, -0.1) is 0 Å². The molecule has 2 nitrogen and oxygen atoms in total. The highest BCUT2D eigenvalue weighted by Crippen LogP contribution is 2.50. The monoisotopic (exact) mass is 211 g/mol. The standard InChI is InChI=1S/C13H25NO/c1-12(2,3)13(9-15-10-13)8-11-4-6-14-7-5-11/h11,14H,4-10H2,1-3H3. The molecular formula is C13H25NO. The highest BCUT2D eigenvalue weighted by atomic mass is 16.5. The van der Waals surface area contributed by atoms with Crippen LogP contribution in [0.4, 0.5) is 0 Å². The van der Waals surface area contributed by atoms with E-state index in [1.54, 1.807) is 0 Å². The van der Waals surface area contributed by atoms with E-state index in [-0.39, 0.29) is 0 Å². The van der Waals surface area contributed by atoms with E-state index in [1.807, 2.05) is 0 Å². The Labute approximate surface area is 93.8 Å². The Hall–Kier alpha value is -0.0800. The Balaban J connectivity index is 1.95. The SMILES string of the molecule is CC(C)(C)C1(CC2CCNCC2)COC1. The van der Waals surface area contributed by atoms with Gasteiger partial charge in [0.2, 0.25) is 0 Å². The van der Waals surface area contributed by atoms with Gasteiger partial charge in [-0.25, -0.2) is 0 Å². The molecule has 1 N–H and O–H groups in total. The molecule has 15 heavy (non-hydrogen) atoms. The molecule has 2 heterocycles. The maximum absolute atomic E-state index is 5.49. The average molecular weight is 211 g/mol. The van der Waals surface area contributed by atoms with Crippen LogP contribution in [0.2, 0.25) is 0 Å². The van der Waals surface area contributed by atoms with Gasteiger partial charge in [0.25, 0.3) is 0 Å². The van der Waals surface area contributed by atoms with Crippen molar-refractivity contribution in [2.75, 3.05) is 26.3 Å². The number of hydrogen-bond acceptors (Lipinski definition) is 2. The van der Waals surface area contributed by atoms with Gasteiger partial charge in [0.1, 0.15) is 0 Å². The molecule has 0 saturated carbocycles. The van der Waals surface area contributed by atoms with Gasteiger partial charge in [-0.05, 0) is 43.7 Å². The Morgan fingerprint density at radius 1 is 1.20 bits per heavy atom. The van der Waals surface area contributed by atoms with Crippen molar-refractivity contribution < 1.29 is 4.74 Å². The topological polar surface area (TPSA) is 21.3 Å². The van der Waals surface area contributed by atoms with Gasteiger partial charge >= 0.3 is 0 Å². The van der Waals surface area contributed by atoms with E-state index in [9.17, 15) is 0 Å². The van der Waals surface area contributed by atoms with Crippen molar-refractivity contribution in [3.8, 4) is 0 Å². The molecule has 0 atom stereocenters. The number of nitrogens with one attached hydrogen (secondary N) is 1. The van der Waals surface area contributed by atoms with Crippen molar-refractivity contribution >= 4 is 0 Å². The molecule has 2 saturated heterocycles. The van der Waals surface area contributed by atoms with Crippen LogP contribution in [0.25, 0.3) is 0 Å². The molecule has 0 bridgehead atoms. The second kappa shape index (κ2) is 4.06. The summed E-state index contributed by atoms with van der Waals surface area (Å²) in [5, 5.41) is 3.44. The van der Waals surface area contributed by atoms with Gasteiger partial charge in [-0.3, -0.25) is 0 Å². The van der Waals surface area contributed by atoms with E-state index < -0.39 is 0 Å². The van der Waals surface area contributed by atoms with Crippen molar-refractivity contribution in [1.29, 1.82) is 0 Å². The molecule has 0 spiro atoms. The van der Waals surface area contributed by atoms with Crippen LogP contribution in [0.1, 0.15) is 40.0 Å². The van der Waals surface area contributed by atoms with Crippen LogP contribution in [0, 0.1) is 16.7 Å². The number of hydrogen-bond donors (Lipinski definition) is 1. The van der Waals surface area contributed by atoms with Crippen molar-refractivity contribution in [3.63, 3.8) is 0 Å². The summed E-state index contributed by atoms with van der Waals surface area (Å²) in [4.78, 5) is 0. The Kier molecular flexibility index (Phi) is 3.09. The van der Waals surface area contributed by atoms with Crippen molar-refractivity contribution in [2.45, 2.75) is 40.0 Å². The third-order valence-corrected chi connectivity index (χ3v) is 4.49. The third kappa shape index (κ3) is 2.21. The molecule has 2 aliphatic heterocycles. The van der Waals surface area contributed by atoms with Crippen molar-refractivity contribution in [1.82, 2.24) is 5.32 Å². The molecule has 0 aromatic carbocycles. The van der Waals surface area contributed by atoms with E-state index in [2.05, 4.69) is 26.1 Å². The predicted octanol–water partition coefficient (Wildman–Crippen LogP) is 2.44. The third-order valence-electron chi connectivity index (χ3n) is 4.49. The van der Waals surface area contributed by atoms with Crippen LogP contribution in [-0.4, -0.2) is 26.3 Å². The first-order chi connectivity index (χ1) is 7.04. The van der Waals surface area contributed by atoms with Crippen molar-refractivity contribution in [3.05, 3.63) is 0 Å². The summed E-state index contributed by atoms with van der Waals surface area (Å²) < 4.78 is 5.49. The van der Waals surface area contributed by atoms with Gasteiger partial charge in [-0.2, -0.15) is 0 Å². The van der Waals surface area contributed by atoms with Crippen LogP contribution in [0.5, 0.6) is 0 Å². The average Bonchev–Trinajstić information content (AvgIpc) is 2.11. The van der Waals surface area contributed by atoms with Crippen molar-refractivity contribution in [2.24, 2.45) is 16.7 Å². The molecule has 2 heteroatoms. The first-order valence-electron chi connectivity index (χ1n) is 6.32. The Morgan fingerprint density at radius 3 is 2.20 bits per heavy atom. The quantitative estimate of drug-likeness (QED) is 0.757. The van der Waals surface area contributed by atoms with E-state index in [0.717, 1.165) is 19.1 Å². The second-order valence-electron chi connectivity index (χ2n) is 6.42. The van der Waals surface area contributed by atoms with E-state index in [4.69, 9.17) is 4.74 Å². The fraction of sp³-hybridized carbons (Fsp3) is 1.00. The molecule has 2 fully saturated rings. The minimum Gasteiger partial charge on any atom is -0.380 e. The summed E-state index contributed by atoms with van der Waals surface area (Å²) in [5.74, 6) is 0.925. The van der Waals surface area contributed by atoms with Gasteiger partial charge in [0.05, 0.1) is 13.2 Å². The maximum atomic E-state index is 5.49. The first kappa shape index (κ1) is 11.4.